The number of benzene rings is 3. The Kier molecular flexibility index (Phi) is 4.18. The molecule has 3 aromatic carbocycles. The Balaban J connectivity index is 1.75. The highest BCUT2D eigenvalue weighted by Gasteiger charge is 2.28. The van der Waals surface area contributed by atoms with Gasteiger partial charge in [0.1, 0.15) is 17.3 Å². The van der Waals surface area contributed by atoms with Crippen LogP contribution >= 0.6 is 0 Å². The van der Waals surface area contributed by atoms with Crippen LogP contribution in [0.1, 0.15) is 23.1 Å². The van der Waals surface area contributed by atoms with Crippen molar-refractivity contribution in [3.63, 3.8) is 0 Å². The second-order valence-corrected chi connectivity index (χ2v) is 7.27. The number of hydrogen-bond donors (Lipinski definition) is 0. The van der Waals surface area contributed by atoms with Gasteiger partial charge in [-0.05, 0) is 35.6 Å². The highest BCUT2D eigenvalue weighted by molar-refractivity contribution is 5.97. The molecule has 140 valence electrons. The molecule has 0 bridgehead atoms. The molecule has 2 aliphatic rings. The first kappa shape index (κ1) is 17.3. The van der Waals surface area contributed by atoms with Gasteiger partial charge in [0.15, 0.2) is 0 Å². The van der Waals surface area contributed by atoms with Gasteiger partial charge < -0.3 is 9.47 Å². The highest BCUT2D eigenvalue weighted by Crippen LogP contribution is 2.45. The van der Waals surface area contributed by atoms with Gasteiger partial charge in [-0.1, -0.05) is 60.2 Å². The zero-order valence-electron chi connectivity index (χ0n) is 16.1. The fraction of sp³-hybridized carbons (Fsp3) is 0.115. The number of allylic oxidation sites excluding steroid dienone is 3. The molecule has 3 aromatic rings. The van der Waals surface area contributed by atoms with E-state index < -0.39 is 0 Å². The number of rotatable bonds is 1. The first-order chi connectivity index (χ1) is 14.2. The molecular formula is C26H19NO2. The topological polar surface area (TPSA) is 42.2 Å². The summed E-state index contributed by atoms with van der Waals surface area (Å²) in [4.78, 5) is 0. The van der Waals surface area contributed by atoms with Crippen LogP contribution in [0.3, 0.4) is 0 Å². The predicted molar refractivity (Wildman–Crippen MR) is 115 cm³/mol. The lowest BCUT2D eigenvalue weighted by Gasteiger charge is -2.23. The molecule has 0 fully saturated rings. The molecule has 0 saturated carbocycles. The van der Waals surface area contributed by atoms with Crippen molar-refractivity contribution in [3.8, 4) is 11.8 Å². The molecule has 0 radical (unpaired) electrons. The SMILES string of the molecule is Cc1ccc(C2=C/C(=C/C#N)OC3=C2CCOc2c3ccc3ccccc23)cc1. The quantitative estimate of drug-likeness (QED) is 0.477. The van der Waals surface area contributed by atoms with E-state index in [2.05, 4.69) is 61.5 Å². The maximum absolute atomic E-state index is 9.22. The van der Waals surface area contributed by atoms with Gasteiger partial charge in [0.05, 0.1) is 24.3 Å². The first-order valence-corrected chi connectivity index (χ1v) is 9.69. The van der Waals surface area contributed by atoms with Crippen LogP contribution in [0, 0.1) is 18.3 Å². The summed E-state index contributed by atoms with van der Waals surface area (Å²) in [6, 6.07) is 22.9. The number of nitriles is 1. The van der Waals surface area contributed by atoms with Gasteiger partial charge in [0, 0.05) is 17.4 Å². The molecular weight excluding hydrogens is 358 g/mol. The third kappa shape index (κ3) is 2.99. The molecule has 0 aromatic heterocycles. The second-order valence-electron chi connectivity index (χ2n) is 7.27. The van der Waals surface area contributed by atoms with Gasteiger partial charge in [0.2, 0.25) is 0 Å². The zero-order chi connectivity index (χ0) is 19.8. The number of ether oxygens (including phenoxy) is 2. The molecule has 2 aliphatic heterocycles. The van der Waals surface area contributed by atoms with Crippen molar-refractivity contribution in [2.45, 2.75) is 13.3 Å². The van der Waals surface area contributed by atoms with E-state index in [1.807, 2.05) is 18.2 Å². The Morgan fingerprint density at radius 2 is 1.83 bits per heavy atom. The molecule has 0 unspecified atom stereocenters. The van der Waals surface area contributed by atoms with E-state index in [1.54, 1.807) is 0 Å². The average molecular weight is 377 g/mol. The van der Waals surface area contributed by atoms with E-state index in [9.17, 15) is 5.26 Å². The van der Waals surface area contributed by atoms with Crippen LogP contribution in [0.2, 0.25) is 0 Å². The lowest BCUT2D eigenvalue weighted by molar-refractivity contribution is 0.329. The normalized spacial score (nSPS) is 16.8. The molecule has 2 heterocycles. The summed E-state index contributed by atoms with van der Waals surface area (Å²) >= 11 is 0. The minimum Gasteiger partial charge on any atom is -0.492 e. The molecule has 5 rings (SSSR count). The smallest absolute Gasteiger partial charge is 0.142 e. The fourth-order valence-corrected chi connectivity index (χ4v) is 3.98. The van der Waals surface area contributed by atoms with Gasteiger partial charge in [-0.25, -0.2) is 0 Å². The molecule has 0 atom stereocenters. The summed E-state index contributed by atoms with van der Waals surface area (Å²) < 4.78 is 12.4. The van der Waals surface area contributed by atoms with Crippen molar-refractivity contribution in [2.24, 2.45) is 0 Å². The van der Waals surface area contributed by atoms with Crippen LogP contribution in [0.4, 0.5) is 0 Å². The Labute approximate surface area is 169 Å². The highest BCUT2D eigenvalue weighted by atomic mass is 16.5. The first-order valence-electron chi connectivity index (χ1n) is 9.69. The van der Waals surface area contributed by atoms with Crippen LogP contribution in [-0.4, -0.2) is 6.61 Å². The maximum Gasteiger partial charge on any atom is 0.142 e. The van der Waals surface area contributed by atoms with Gasteiger partial charge in [-0.3, -0.25) is 0 Å². The van der Waals surface area contributed by atoms with E-state index in [4.69, 9.17) is 9.47 Å². The summed E-state index contributed by atoms with van der Waals surface area (Å²) in [6.07, 6.45) is 4.14. The van der Waals surface area contributed by atoms with Crippen LogP contribution in [0.15, 0.2) is 84.1 Å². The predicted octanol–water partition coefficient (Wildman–Crippen LogP) is 6.16. The molecule has 0 saturated heterocycles. The summed E-state index contributed by atoms with van der Waals surface area (Å²) in [5.74, 6) is 2.17. The average Bonchev–Trinajstić information content (AvgIpc) is 2.94. The van der Waals surface area contributed by atoms with Crippen molar-refractivity contribution >= 4 is 22.1 Å². The minimum absolute atomic E-state index is 0.544. The number of hydrogen-bond acceptors (Lipinski definition) is 3. The zero-order valence-corrected chi connectivity index (χ0v) is 16.1. The molecule has 0 aliphatic carbocycles. The monoisotopic (exact) mass is 377 g/mol. The molecule has 0 amide bonds. The second kappa shape index (κ2) is 7.00. The van der Waals surface area contributed by atoms with Gasteiger partial charge in [-0.15, -0.1) is 0 Å². The number of fused-ring (bicyclic) bond motifs is 4. The number of aryl methyl sites for hydroxylation is 1. The lowest BCUT2D eigenvalue weighted by Crippen LogP contribution is -2.05. The van der Waals surface area contributed by atoms with Crippen molar-refractivity contribution in [3.05, 3.63) is 101 Å². The largest absolute Gasteiger partial charge is 0.492 e. The van der Waals surface area contributed by atoms with Crippen LogP contribution in [0.25, 0.3) is 22.1 Å². The van der Waals surface area contributed by atoms with Crippen molar-refractivity contribution in [2.75, 3.05) is 6.61 Å². The van der Waals surface area contributed by atoms with Gasteiger partial charge in [0.25, 0.3) is 0 Å². The summed E-state index contributed by atoms with van der Waals surface area (Å²) in [5.41, 5.74) is 5.44. The van der Waals surface area contributed by atoms with Crippen molar-refractivity contribution in [1.82, 2.24) is 0 Å². The molecule has 0 N–H and O–H groups in total. The Morgan fingerprint density at radius 1 is 1.00 bits per heavy atom. The van der Waals surface area contributed by atoms with E-state index in [0.29, 0.717) is 12.4 Å². The number of nitrogens with zero attached hydrogens (tertiary/aromatic N) is 1. The summed E-state index contributed by atoms with van der Waals surface area (Å²) in [5, 5.41) is 11.4. The molecule has 3 heteroatoms. The Morgan fingerprint density at radius 3 is 2.66 bits per heavy atom. The minimum atomic E-state index is 0.544. The molecule has 3 nitrogen and oxygen atoms in total. The lowest BCUT2D eigenvalue weighted by atomic mass is 9.90. The van der Waals surface area contributed by atoms with Crippen molar-refractivity contribution in [1.29, 1.82) is 5.26 Å². The third-order valence-electron chi connectivity index (χ3n) is 5.40. The standard InChI is InChI=1S/C26H19NO2/c1-17-6-8-19(9-7-17)24-16-20(12-14-27)29-26-22(24)13-15-28-25-21-5-3-2-4-18(21)10-11-23(25)26/h2-12,16H,13,15H2,1H3/b20-12-. The Hall–Kier alpha value is -3.77. The fourth-order valence-electron chi connectivity index (χ4n) is 3.98. The summed E-state index contributed by atoms with van der Waals surface area (Å²) in [7, 11) is 0. The van der Waals surface area contributed by atoms with E-state index in [1.165, 1.54) is 11.6 Å². The van der Waals surface area contributed by atoms with E-state index in [-0.39, 0.29) is 0 Å². The van der Waals surface area contributed by atoms with Crippen LogP contribution < -0.4 is 4.74 Å². The van der Waals surface area contributed by atoms with Crippen LogP contribution in [-0.2, 0) is 4.74 Å². The van der Waals surface area contributed by atoms with Gasteiger partial charge in [-0.2, -0.15) is 5.26 Å². The molecule has 29 heavy (non-hydrogen) atoms. The summed E-state index contributed by atoms with van der Waals surface area (Å²) in [6.45, 7) is 2.65. The van der Waals surface area contributed by atoms with Crippen LogP contribution in [0.5, 0.6) is 5.75 Å². The third-order valence-corrected chi connectivity index (χ3v) is 5.40. The maximum atomic E-state index is 9.22. The Bertz CT molecular complexity index is 1250. The van der Waals surface area contributed by atoms with Gasteiger partial charge >= 0.3 is 0 Å². The van der Waals surface area contributed by atoms with E-state index in [0.717, 1.165) is 51.0 Å². The van der Waals surface area contributed by atoms with Crippen molar-refractivity contribution < 1.29 is 9.47 Å². The van der Waals surface area contributed by atoms with E-state index >= 15 is 0 Å². The molecule has 0 spiro atoms.